The highest BCUT2D eigenvalue weighted by Crippen LogP contribution is 2.17. The minimum Gasteiger partial charge on any atom is -0.480 e. The number of nitrogens with zero attached hydrogens (tertiary/aromatic N) is 1. The molecule has 5 nitrogen and oxygen atoms in total. The molecule has 1 rings (SSSR count). The van der Waals surface area contributed by atoms with E-state index in [0.717, 1.165) is 19.4 Å². The predicted molar refractivity (Wildman–Crippen MR) is 68.0 cm³/mol. The molecule has 0 radical (unpaired) electrons. The average molecular weight is 260 g/mol. The number of hydrogen-bond donors (Lipinski definition) is 2. The molecular formula is C11H20N2O3S. The summed E-state index contributed by atoms with van der Waals surface area (Å²) in [6, 6.07) is -0.573. The summed E-state index contributed by atoms with van der Waals surface area (Å²) >= 11 is 1.30. The van der Waals surface area contributed by atoms with Gasteiger partial charge in [-0.3, -0.25) is 9.59 Å². The fourth-order valence-electron chi connectivity index (χ4n) is 1.90. The lowest BCUT2D eigenvalue weighted by Crippen LogP contribution is -2.43. The van der Waals surface area contributed by atoms with Crippen molar-refractivity contribution in [2.24, 2.45) is 5.73 Å². The molecule has 0 spiro atoms. The van der Waals surface area contributed by atoms with Crippen LogP contribution < -0.4 is 5.73 Å². The van der Waals surface area contributed by atoms with Gasteiger partial charge >= 0.3 is 5.97 Å². The Kier molecular flexibility index (Phi) is 5.77. The van der Waals surface area contributed by atoms with Crippen molar-refractivity contribution < 1.29 is 14.7 Å². The highest BCUT2D eigenvalue weighted by atomic mass is 32.2. The van der Waals surface area contributed by atoms with E-state index in [2.05, 4.69) is 6.92 Å². The van der Waals surface area contributed by atoms with Gasteiger partial charge in [-0.15, -0.1) is 11.8 Å². The number of hydrogen-bond acceptors (Lipinski definition) is 4. The number of rotatable bonds is 5. The molecule has 2 unspecified atom stereocenters. The van der Waals surface area contributed by atoms with E-state index in [1.807, 2.05) is 4.90 Å². The fraction of sp³-hybridized carbons (Fsp3) is 0.818. The standard InChI is InChI=1S/C11H20N2O3S/c1-8-4-2-3-5-13(8)10(14)7-17-6-9(12)11(15)16/h8-9H,2-7,12H2,1H3,(H,15,16). The third-order valence-electron chi connectivity index (χ3n) is 2.96. The minimum absolute atomic E-state index is 0.0970. The van der Waals surface area contributed by atoms with E-state index >= 15 is 0 Å². The van der Waals surface area contributed by atoms with Crippen LogP contribution in [0.2, 0.25) is 0 Å². The normalized spacial score (nSPS) is 22.2. The van der Waals surface area contributed by atoms with Crippen molar-refractivity contribution in [3.05, 3.63) is 0 Å². The number of thioether (sulfide) groups is 1. The van der Waals surface area contributed by atoms with Gasteiger partial charge in [-0.1, -0.05) is 0 Å². The van der Waals surface area contributed by atoms with Gasteiger partial charge in [0, 0.05) is 18.3 Å². The summed E-state index contributed by atoms with van der Waals surface area (Å²) in [6.07, 6.45) is 3.31. The van der Waals surface area contributed by atoms with Gasteiger partial charge < -0.3 is 15.7 Å². The Morgan fingerprint density at radius 1 is 1.53 bits per heavy atom. The summed E-state index contributed by atoms with van der Waals surface area (Å²) in [5.74, 6) is -0.315. The Balaban J connectivity index is 2.26. The summed E-state index contributed by atoms with van der Waals surface area (Å²) in [5, 5.41) is 8.60. The number of carboxylic acids is 1. The molecule has 1 saturated heterocycles. The molecular weight excluding hydrogens is 240 g/mol. The summed E-state index contributed by atoms with van der Waals surface area (Å²) < 4.78 is 0. The summed E-state index contributed by atoms with van der Waals surface area (Å²) in [6.45, 7) is 2.89. The quantitative estimate of drug-likeness (QED) is 0.753. The van der Waals surface area contributed by atoms with Crippen molar-refractivity contribution in [2.75, 3.05) is 18.1 Å². The first-order valence-electron chi connectivity index (χ1n) is 5.88. The van der Waals surface area contributed by atoms with Gasteiger partial charge in [-0.2, -0.15) is 0 Å². The maximum atomic E-state index is 11.9. The molecule has 0 saturated carbocycles. The summed E-state index contributed by atoms with van der Waals surface area (Å²) in [7, 11) is 0. The largest absolute Gasteiger partial charge is 0.480 e. The average Bonchev–Trinajstić information content (AvgIpc) is 2.29. The Morgan fingerprint density at radius 2 is 2.24 bits per heavy atom. The van der Waals surface area contributed by atoms with Crippen LogP contribution in [-0.4, -0.2) is 52.0 Å². The van der Waals surface area contributed by atoms with E-state index < -0.39 is 12.0 Å². The monoisotopic (exact) mass is 260 g/mol. The number of carbonyl (C=O) groups is 2. The van der Waals surface area contributed by atoms with Crippen LogP contribution >= 0.6 is 11.8 Å². The summed E-state index contributed by atoms with van der Waals surface area (Å²) in [5.41, 5.74) is 5.36. The van der Waals surface area contributed by atoms with Crippen LogP contribution in [0.5, 0.6) is 0 Å². The molecule has 0 bridgehead atoms. The van der Waals surface area contributed by atoms with Crippen LogP contribution in [0, 0.1) is 0 Å². The van der Waals surface area contributed by atoms with Gasteiger partial charge in [-0.05, 0) is 26.2 Å². The number of carboxylic acid groups (broad SMARTS) is 1. The third-order valence-corrected chi connectivity index (χ3v) is 4.01. The molecule has 0 aromatic rings. The van der Waals surface area contributed by atoms with Crippen molar-refractivity contribution >= 4 is 23.6 Å². The van der Waals surface area contributed by atoms with Gasteiger partial charge in [0.15, 0.2) is 0 Å². The van der Waals surface area contributed by atoms with Gasteiger partial charge in [0.05, 0.1) is 5.75 Å². The Hall–Kier alpha value is -0.750. The van der Waals surface area contributed by atoms with Gasteiger partial charge in [0.1, 0.15) is 6.04 Å². The zero-order chi connectivity index (χ0) is 12.8. The second kappa shape index (κ2) is 6.86. The Bertz CT molecular complexity index is 286. The number of carbonyl (C=O) groups excluding carboxylic acids is 1. The first-order chi connectivity index (χ1) is 8.02. The molecule has 0 aromatic carbocycles. The highest BCUT2D eigenvalue weighted by molar-refractivity contribution is 8.00. The molecule has 1 fully saturated rings. The first-order valence-corrected chi connectivity index (χ1v) is 7.03. The molecule has 0 aliphatic carbocycles. The number of likely N-dealkylation sites (tertiary alicyclic amines) is 1. The van der Waals surface area contributed by atoms with Crippen molar-refractivity contribution in [1.29, 1.82) is 0 Å². The van der Waals surface area contributed by atoms with Crippen molar-refractivity contribution in [2.45, 2.75) is 38.3 Å². The maximum absolute atomic E-state index is 11.9. The van der Waals surface area contributed by atoms with Gasteiger partial charge in [-0.25, -0.2) is 0 Å². The van der Waals surface area contributed by atoms with Crippen LogP contribution in [0.3, 0.4) is 0 Å². The first kappa shape index (κ1) is 14.3. The molecule has 1 aliphatic rings. The van der Waals surface area contributed by atoms with Crippen LogP contribution in [0.15, 0.2) is 0 Å². The molecule has 1 heterocycles. The number of amides is 1. The maximum Gasteiger partial charge on any atom is 0.321 e. The summed E-state index contributed by atoms with van der Waals surface area (Å²) in [4.78, 5) is 24.3. The highest BCUT2D eigenvalue weighted by Gasteiger charge is 2.23. The Morgan fingerprint density at radius 3 is 2.82 bits per heavy atom. The van der Waals surface area contributed by atoms with Crippen LogP contribution in [0.25, 0.3) is 0 Å². The number of nitrogens with two attached hydrogens (primary N) is 1. The number of aliphatic carboxylic acids is 1. The SMILES string of the molecule is CC1CCCCN1C(=O)CSCC(N)C(=O)O. The molecule has 2 atom stereocenters. The van der Waals surface area contributed by atoms with E-state index in [1.165, 1.54) is 18.2 Å². The second-order valence-corrected chi connectivity index (χ2v) is 5.42. The lowest BCUT2D eigenvalue weighted by Gasteiger charge is -2.33. The lowest BCUT2D eigenvalue weighted by atomic mass is 10.0. The molecule has 1 amide bonds. The third kappa shape index (κ3) is 4.55. The van der Waals surface area contributed by atoms with E-state index in [9.17, 15) is 9.59 Å². The smallest absolute Gasteiger partial charge is 0.321 e. The molecule has 17 heavy (non-hydrogen) atoms. The molecule has 0 aromatic heterocycles. The molecule has 6 heteroatoms. The van der Waals surface area contributed by atoms with Crippen molar-refractivity contribution in [1.82, 2.24) is 4.90 Å². The zero-order valence-electron chi connectivity index (χ0n) is 10.1. The lowest BCUT2D eigenvalue weighted by molar-refractivity contribution is -0.138. The van der Waals surface area contributed by atoms with Crippen molar-refractivity contribution in [3.63, 3.8) is 0 Å². The molecule has 98 valence electrons. The Labute approximate surface area is 106 Å². The van der Waals surface area contributed by atoms with Gasteiger partial charge in [0.25, 0.3) is 0 Å². The molecule has 1 aliphatic heterocycles. The molecule has 3 N–H and O–H groups in total. The van der Waals surface area contributed by atoms with E-state index in [-0.39, 0.29) is 11.7 Å². The predicted octanol–water partition coefficient (Wildman–Crippen LogP) is 0.532. The topological polar surface area (TPSA) is 83.6 Å². The minimum atomic E-state index is -1.02. The van der Waals surface area contributed by atoms with E-state index in [0.29, 0.717) is 11.8 Å². The van der Waals surface area contributed by atoms with E-state index in [4.69, 9.17) is 10.8 Å². The van der Waals surface area contributed by atoms with Crippen LogP contribution in [0.1, 0.15) is 26.2 Å². The second-order valence-electron chi connectivity index (χ2n) is 4.39. The van der Waals surface area contributed by atoms with Crippen LogP contribution in [0.4, 0.5) is 0 Å². The van der Waals surface area contributed by atoms with E-state index in [1.54, 1.807) is 0 Å². The number of piperidine rings is 1. The van der Waals surface area contributed by atoms with Crippen LogP contribution in [-0.2, 0) is 9.59 Å². The zero-order valence-corrected chi connectivity index (χ0v) is 10.9. The van der Waals surface area contributed by atoms with Gasteiger partial charge in [0.2, 0.25) is 5.91 Å². The fourth-order valence-corrected chi connectivity index (χ4v) is 2.75. The van der Waals surface area contributed by atoms with Crippen molar-refractivity contribution in [3.8, 4) is 0 Å².